The Labute approximate surface area is 71.6 Å². The van der Waals surface area contributed by atoms with E-state index in [1.54, 1.807) is 0 Å². The average Bonchev–Trinajstić information content (AvgIpc) is 2.05. The highest BCUT2D eigenvalue weighted by atomic mass is 35.5. The van der Waals surface area contributed by atoms with Crippen molar-refractivity contribution in [1.29, 1.82) is 0 Å². The SMILES string of the molecule is CCc1cc(CC)c(Cl)nn1. The van der Waals surface area contributed by atoms with E-state index in [2.05, 4.69) is 24.0 Å². The first-order valence-electron chi connectivity index (χ1n) is 3.78. The summed E-state index contributed by atoms with van der Waals surface area (Å²) >= 11 is 5.78. The molecule has 11 heavy (non-hydrogen) atoms. The molecule has 0 N–H and O–H groups in total. The lowest BCUT2D eigenvalue weighted by Gasteiger charge is -2.00. The Balaban J connectivity index is 3.02. The number of nitrogens with zero attached hydrogens (tertiary/aromatic N) is 2. The van der Waals surface area contributed by atoms with E-state index in [1.807, 2.05) is 6.07 Å². The van der Waals surface area contributed by atoms with Crippen molar-refractivity contribution in [2.45, 2.75) is 26.7 Å². The molecule has 0 fully saturated rings. The molecule has 0 aliphatic heterocycles. The molecule has 0 atom stereocenters. The molecule has 1 rings (SSSR count). The van der Waals surface area contributed by atoms with Gasteiger partial charge in [0.1, 0.15) is 0 Å². The maximum atomic E-state index is 5.78. The van der Waals surface area contributed by atoms with Gasteiger partial charge in [0.25, 0.3) is 0 Å². The number of aryl methyl sites for hydroxylation is 2. The lowest BCUT2D eigenvalue weighted by Crippen LogP contribution is -1.95. The first kappa shape index (κ1) is 8.47. The van der Waals surface area contributed by atoms with Crippen LogP contribution in [0, 0.1) is 0 Å². The van der Waals surface area contributed by atoms with Crippen LogP contribution in [0.5, 0.6) is 0 Å². The maximum Gasteiger partial charge on any atom is 0.154 e. The second-order valence-corrected chi connectivity index (χ2v) is 2.72. The molecule has 0 saturated heterocycles. The third-order valence-electron chi connectivity index (χ3n) is 1.62. The van der Waals surface area contributed by atoms with Crippen LogP contribution in [0.2, 0.25) is 5.15 Å². The van der Waals surface area contributed by atoms with Gasteiger partial charge in [-0.05, 0) is 24.5 Å². The van der Waals surface area contributed by atoms with Crippen molar-refractivity contribution in [3.63, 3.8) is 0 Å². The van der Waals surface area contributed by atoms with Gasteiger partial charge in [-0.15, -0.1) is 5.10 Å². The van der Waals surface area contributed by atoms with Crippen LogP contribution in [0.15, 0.2) is 6.07 Å². The van der Waals surface area contributed by atoms with Crippen LogP contribution in [-0.4, -0.2) is 10.2 Å². The molecule has 0 aromatic carbocycles. The molecule has 0 aliphatic rings. The molecule has 0 radical (unpaired) electrons. The summed E-state index contributed by atoms with van der Waals surface area (Å²) < 4.78 is 0. The van der Waals surface area contributed by atoms with Gasteiger partial charge in [-0.3, -0.25) is 0 Å². The van der Waals surface area contributed by atoms with Crippen molar-refractivity contribution < 1.29 is 0 Å². The Morgan fingerprint density at radius 1 is 1.27 bits per heavy atom. The molecule has 0 amide bonds. The van der Waals surface area contributed by atoms with Gasteiger partial charge in [-0.2, -0.15) is 5.10 Å². The van der Waals surface area contributed by atoms with E-state index < -0.39 is 0 Å². The summed E-state index contributed by atoms with van der Waals surface area (Å²) in [5.74, 6) is 0. The minimum atomic E-state index is 0.532. The predicted octanol–water partition coefficient (Wildman–Crippen LogP) is 2.25. The molecule has 60 valence electrons. The predicted molar refractivity (Wildman–Crippen MR) is 45.8 cm³/mol. The molecule has 1 aromatic rings. The Morgan fingerprint density at radius 3 is 2.55 bits per heavy atom. The molecular weight excluding hydrogens is 160 g/mol. The number of halogens is 1. The summed E-state index contributed by atoms with van der Waals surface area (Å²) in [4.78, 5) is 0. The Bertz CT molecular complexity index is 248. The van der Waals surface area contributed by atoms with Gasteiger partial charge in [-0.25, -0.2) is 0 Å². The topological polar surface area (TPSA) is 25.8 Å². The fourth-order valence-corrected chi connectivity index (χ4v) is 1.11. The van der Waals surface area contributed by atoms with Crippen LogP contribution in [0.1, 0.15) is 25.1 Å². The maximum absolute atomic E-state index is 5.78. The second-order valence-electron chi connectivity index (χ2n) is 2.36. The highest BCUT2D eigenvalue weighted by Gasteiger charge is 2.00. The molecule has 0 saturated carbocycles. The number of hydrogen-bond acceptors (Lipinski definition) is 2. The summed E-state index contributed by atoms with van der Waals surface area (Å²) in [5, 5.41) is 8.29. The van der Waals surface area contributed by atoms with Gasteiger partial charge in [0.05, 0.1) is 5.69 Å². The lowest BCUT2D eigenvalue weighted by atomic mass is 10.2. The molecule has 3 heteroatoms. The minimum Gasteiger partial charge on any atom is -0.154 e. The third kappa shape index (κ3) is 1.90. The third-order valence-corrected chi connectivity index (χ3v) is 1.93. The van der Waals surface area contributed by atoms with Gasteiger partial charge in [0.2, 0.25) is 0 Å². The molecule has 1 heterocycles. The summed E-state index contributed by atoms with van der Waals surface area (Å²) in [5.41, 5.74) is 2.09. The van der Waals surface area contributed by atoms with Crippen LogP contribution >= 0.6 is 11.6 Å². The summed E-state index contributed by atoms with van der Waals surface area (Å²) in [7, 11) is 0. The summed E-state index contributed by atoms with van der Waals surface area (Å²) in [6.45, 7) is 4.11. The molecule has 0 aliphatic carbocycles. The van der Waals surface area contributed by atoms with Crippen LogP contribution < -0.4 is 0 Å². The highest BCUT2D eigenvalue weighted by molar-refractivity contribution is 6.30. The summed E-state index contributed by atoms with van der Waals surface area (Å²) in [6, 6.07) is 2.01. The second kappa shape index (κ2) is 3.67. The van der Waals surface area contributed by atoms with E-state index in [0.29, 0.717) is 5.15 Å². The van der Waals surface area contributed by atoms with Gasteiger partial charge in [0, 0.05) is 0 Å². The van der Waals surface area contributed by atoms with E-state index in [0.717, 1.165) is 24.1 Å². The number of hydrogen-bond donors (Lipinski definition) is 0. The van der Waals surface area contributed by atoms with Crippen molar-refractivity contribution in [2.24, 2.45) is 0 Å². The normalized spacial score (nSPS) is 10.1. The zero-order valence-corrected chi connectivity index (χ0v) is 7.52. The number of aromatic nitrogens is 2. The standard InChI is InChI=1S/C8H11ClN2/c1-3-6-5-7(4-2)10-11-8(6)9/h5H,3-4H2,1-2H3. The molecule has 0 bridgehead atoms. The van der Waals surface area contributed by atoms with E-state index in [-0.39, 0.29) is 0 Å². The van der Waals surface area contributed by atoms with Crippen LogP contribution in [0.3, 0.4) is 0 Å². The van der Waals surface area contributed by atoms with Crippen LogP contribution in [0.25, 0.3) is 0 Å². The van der Waals surface area contributed by atoms with Crippen molar-refractivity contribution in [3.8, 4) is 0 Å². The van der Waals surface area contributed by atoms with Crippen molar-refractivity contribution in [2.75, 3.05) is 0 Å². The molecule has 0 spiro atoms. The first-order valence-corrected chi connectivity index (χ1v) is 4.16. The molecule has 1 aromatic heterocycles. The van der Waals surface area contributed by atoms with E-state index in [1.165, 1.54) is 0 Å². The highest BCUT2D eigenvalue weighted by Crippen LogP contribution is 2.12. The fraction of sp³-hybridized carbons (Fsp3) is 0.500. The Morgan fingerprint density at radius 2 is 2.00 bits per heavy atom. The average molecular weight is 171 g/mol. The lowest BCUT2D eigenvalue weighted by molar-refractivity contribution is 0.895. The van der Waals surface area contributed by atoms with E-state index in [4.69, 9.17) is 11.6 Å². The van der Waals surface area contributed by atoms with E-state index >= 15 is 0 Å². The van der Waals surface area contributed by atoms with Crippen LogP contribution in [0.4, 0.5) is 0 Å². The van der Waals surface area contributed by atoms with Gasteiger partial charge in [-0.1, -0.05) is 25.4 Å². The zero-order valence-electron chi connectivity index (χ0n) is 6.76. The van der Waals surface area contributed by atoms with Gasteiger partial charge < -0.3 is 0 Å². The monoisotopic (exact) mass is 170 g/mol. The molecule has 0 unspecified atom stereocenters. The largest absolute Gasteiger partial charge is 0.154 e. The molecule has 2 nitrogen and oxygen atoms in total. The van der Waals surface area contributed by atoms with Crippen LogP contribution in [-0.2, 0) is 12.8 Å². The minimum absolute atomic E-state index is 0.532. The molecular formula is C8H11ClN2. The fourth-order valence-electron chi connectivity index (χ4n) is 0.883. The van der Waals surface area contributed by atoms with Crippen molar-refractivity contribution in [1.82, 2.24) is 10.2 Å². The van der Waals surface area contributed by atoms with E-state index in [9.17, 15) is 0 Å². The smallest absolute Gasteiger partial charge is 0.154 e. The van der Waals surface area contributed by atoms with Gasteiger partial charge in [0.15, 0.2) is 5.15 Å². The van der Waals surface area contributed by atoms with Gasteiger partial charge >= 0.3 is 0 Å². The quantitative estimate of drug-likeness (QED) is 0.681. The van der Waals surface area contributed by atoms with Crippen molar-refractivity contribution >= 4 is 11.6 Å². The Kier molecular flexibility index (Phi) is 2.83. The van der Waals surface area contributed by atoms with Crippen molar-refractivity contribution in [3.05, 3.63) is 22.5 Å². The number of rotatable bonds is 2. The summed E-state index contributed by atoms with van der Waals surface area (Å²) in [6.07, 6.45) is 1.83. The zero-order chi connectivity index (χ0) is 8.27. The first-order chi connectivity index (χ1) is 5.27. The Hall–Kier alpha value is -0.630.